The maximum absolute atomic E-state index is 12.1. The van der Waals surface area contributed by atoms with Crippen molar-refractivity contribution < 1.29 is 4.79 Å². The van der Waals surface area contributed by atoms with Crippen molar-refractivity contribution in [1.82, 2.24) is 4.98 Å². The molecule has 92 valence electrons. The Morgan fingerprint density at radius 2 is 2.11 bits per heavy atom. The molecule has 2 aromatic rings. The summed E-state index contributed by atoms with van der Waals surface area (Å²) < 4.78 is 1.68. The fraction of sp³-hybridized carbons (Fsp3) is 0. The third kappa shape index (κ3) is 2.99. The van der Waals surface area contributed by atoms with Crippen LogP contribution in [0.4, 0.5) is 11.5 Å². The van der Waals surface area contributed by atoms with Gasteiger partial charge in [-0.3, -0.25) is 4.79 Å². The molecular weight excluding hydrogens is 409 g/mol. The molecular formula is C12H9BrIN3O. The number of pyridine rings is 1. The number of carbonyl (C=O) groups is 1. The normalized spacial score (nSPS) is 10.1. The first kappa shape index (κ1) is 13.3. The topological polar surface area (TPSA) is 68.0 Å². The van der Waals surface area contributed by atoms with E-state index in [0.717, 1.165) is 9.26 Å². The standard InChI is InChI=1S/C12H9BrIN3O/c13-7-5-8(11(15)16-6-7)12(18)17-10-4-2-1-3-9(10)14/h1-6H,(H2,15,16)(H,17,18). The molecule has 2 rings (SSSR count). The van der Waals surface area contributed by atoms with Crippen LogP contribution in [0, 0.1) is 3.57 Å². The number of nitrogens with two attached hydrogens (primary N) is 1. The Bertz CT molecular complexity index is 604. The molecule has 0 saturated carbocycles. The smallest absolute Gasteiger partial charge is 0.259 e. The van der Waals surface area contributed by atoms with Crippen molar-refractivity contribution in [2.75, 3.05) is 11.1 Å². The lowest BCUT2D eigenvalue weighted by Crippen LogP contribution is -2.15. The summed E-state index contributed by atoms with van der Waals surface area (Å²) in [5.74, 6) is -0.0629. The SMILES string of the molecule is Nc1ncc(Br)cc1C(=O)Nc1ccccc1I. The number of aromatic nitrogens is 1. The summed E-state index contributed by atoms with van der Waals surface area (Å²) in [4.78, 5) is 16.0. The van der Waals surface area contributed by atoms with Crippen molar-refractivity contribution in [3.05, 3.63) is 50.1 Å². The highest BCUT2D eigenvalue weighted by atomic mass is 127. The highest BCUT2D eigenvalue weighted by Gasteiger charge is 2.12. The zero-order valence-electron chi connectivity index (χ0n) is 9.15. The Morgan fingerprint density at radius 3 is 2.83 bits per heavy atom. The Labute approximate surface area is 126 Å². The Morgan fingerprint density at radius 1 is 1.39 bits per heavy atom. The van der Waals surface area contributed by atoms with E-state index in [9.17, 15) is 4.79 Å². The first-order chi connectivity index (χ1) is 8.58. The number of hydrogen-bond donors (Lipinski definition) is 2. The van der Waals surface area contributed by atoms with E-state index >= 15 is 0 Å². The molecule has 0 aliphatic rings. The lowest BCUT2D eigenvalue weighted by Gasteiger charge is -2.08. The molecule has 0 unspecified atom stereocenters. The van der Waals surface area contributed by atoms with E-state index in [1.165, 1.54) is 0 Å². The summed E-state index contributed by atoms with van der Waals surface area (Å²) in [5.41, 5.74) is 6.79. The molecule has 1 heterocycles. The molecule has 18 heavy (non-hydrogen) atoms. The summed E-state index contributed by atoms with van der Waals surface area (Å²) in [6.45, 7) is 0. The van der Waals surface area contributed by atoms with E-state index in [-0.39, 0.29) is 11.7 Å². The van der Waals surface area contributed by atoms with E-state index < -0.39 is 0 Å². The lowest BCUT2D eigenvalue weighted by molar-refractivity contribution is 0.102. The van der Waals surface area contributed by atoms with Gasteiger partial charge in [-0.1, -0.05) is 12.1 Å². The number of halogens is 2. The Kier molecular flexibility index (Phi) is 4.18. The van der Waals surface area contributed by atoms with Crippen LogP contribution in [0.2, 0.25) is 0 Å². The molecule has 3 N–H and O–H groups in total. The van der Waals surface area contributed by atoms with Crippen molar-refractivity contribution >= 4 is 55.9 Å². The molecule has 6 heteroatoms. The molecule has 0 aliphatic carbocycles. The molecule has 0 spiro atoms. The number of nitrogen functional groups attached to an aromatic ring is 1. The lowest BCUT2D eigenvalue weighted by atomic mass is 10.2. The number of nitrogens with zero attached hydrogens (tertiary/aromatic N) is 1. The van der Waals surface area contributed by atoms with Gasteiger partial charge in [0.25, 0.3) is 5.91 Å². The predicted molar refractivity (Wildman–Crippen MR) is 83.5 cm³/mol. The molecule has 0 aliphatic heterocycles. The van der Waals surface area contributed by atoms with Crippen LogP contribution in [-0.4, -0.2) is 10.9 Å². The molecule has 0 bridgehead atoms. The first-order valence-corrected chi connectivity index (χ1v) is 6.92. The van der Waals surface area contributed by atoms with Crippen LogP contribution in [0.25, 0.3) is 0 Å². The highest BCUT2D eigenvalue weighted by Crippen LogP contribution is 2.20. The van der Waals surface area contributed by atoms with E-state index in [4.69, 9.17) is 5.73 Å². The van der Waals surface area contributed by atoms with Crippen molar-refractivity contribution in [2.24, 2.45) is 0 Å². The minimum atomic E-state index is -0.273. The zero-order valence-corrected chi connectivity index (χ0v) is 12.9. The van der Waals surface area contributed by atoms with Gasteiger partial charge in [0, 0.05) is 14.2 Å². The van der Waals surface area contributed by atoms with Crippen molar-refractivity contribution in [3.8, 4) is 0 Å². The third-order valence-corrected chi connectivity index (χ3v) is 3.63. The van der Waals surface area contributed by atoms with Gasteiger partial charge in [-0.05, 0) is 56.7 Å². The van der Waals surface area contributed by atoms with E-state index in [1.807, 2.05) is 24.3 Å². The second-order valence-corrected chi connectivity index (χ2v) is 5.60. The Balaban J connectivity index is 2.28. The van der Waals surface area contributed by atoms with Crippen LogP contribution in [-0.2, 0) is 0 Å². The van der Waals surface area contributed by atoms with Crippen LogP contribution in [0.1, 0.15) is 10.4 Å². The Hall–Kier alpha value is -1.15. The van der Waals surface area contributed by atoms with Gasteiger partial charge in [0.05, 0.1) is 11.3 Å². The second-order valence-electron chi connectivity index (χ2n) is 3.52. The molecule has 0 radical (unpaired) electrons. The minimum absolute atomic E-state index is 0.210. The van der Waals surface area contributed by atoms with Crippen LogP contribution < -0.4 is 11.1 Å². The second kappa shape index (κ2) is 5.66. The first-order valence-electron chi connectivity index (χ1n) is 5.05. The summed E-state index contributed by atoms with van der Waals surface area (Å²) in [5, 5.41) is 2.81. The van der Waals surface area contributed by atoms with E-state index in [0.29, 0.717) is 10.0 Å². The monoisotopic (exact) mass is 417 g/mol. The predicted octanol–water partition coefficient (Wildman–Crippen LogP) is 3.28. The number of nitrogens with one attached hydrogen (secondary N) is 1. The molecule has 1 aromatic heterocycles. The summed E-state index contributed by atoms with van der Waals surface area (Å²) in [6, 6.07) is 9.17. The van der Waals surface area contributed by atoms with Crippen LogP contribution in [0.15, 0.2) is 41.0 Å². The average Bonchev–Trinajstić information content (AvgIpc) is 2.35. The maximum atomic E-state index is 12.1. The van der Waals surface area contributed by atoms with Gasteiger partial charge in [0.2, 0.25) is 0 Å². The van der Waals surface area contributed by atoms with Crippen LogP contribution in [0.3, 0.4) is 0 Å². The summed E-state index contributed by atoms with van der Waals surface area (Å²) in [7, 11) is 0. The van der Waals surface area contributed by atoms with Gasteiger partial charge < -0.3 is 11.1 Å². The van der Waals surface area contributed by atoms with Gasteiger partial charge in [-0.15, -0.1) is 0 Å². The number of anilines is 2. The number of carbonyl (C=O) groups excluding carboxylic acids is 1. The molecule has 1 amide bonds. The van der Waals surface area contributed by atoms with Gasteiger partial charge in [-0.25, -0.2) is 4.98 Å². The zero-order chi connectivity index (χ0) is 13.1. The van der Waals surface area contributed by atoms with Crippen LogP contribution >= 0.6 is 38.5 Å². The molecule has 0 fully saturated rings. The van der Waals surface area contributed by atoms with Gasteiger partial charge >= 0.3 is 0 Å². The van der Waals surface area contributed by atoms with E-state index in [2.05, 4.69) is 48.8 Å². The summed E-state index contributed by atoms with van der Waals surface area (Å²) >= 11 is 5.42. The average molecular weight is 418 g/mol. The summed E-state index contributed by atoms with van der Waals surface area (Å²) in [6.07, 6.45) is 1.55. The number of rotatable bonds is 2. The number of para-hydroxylation sites is 1. The minimum Gasteiger partial charge on any atom is -0.383 e. The number of benzene rings is 1. The number of hydrogen-bond acceptors (Lipinski definition) is 3. The highest BCUT2D eigenvalue weighted by molar-refractivity contribution is 14.1. The molecule has 1 aromatic carbocycles. The van der Waals surface area contributed by atoms with Crippen LogP contribution in [0.5, 0.6) is 0 Å². The molecule has 4 nitrogen and oxygen atoms in total. The number of amides is 1. The molecule has 0 atom stereocenters. The van der Waals surface area contributed by atoms with E-state index in [1.54, 1.807) is 12.3 Å². The van der Waals surface area contributed by atoms with Gasteiger partial charge in [-0.2, -0.15) is 0 Å². The maximum Gasteiger partial charge on any atom is 0.259 e. The van der Waals surface area contributed by atoms with Crippen molar-refractivity contribution in [3.63, 3.8) is 0 Å². The van der Waals surface area contributed by atoms with Gasteiger partial charge in [0.1, 0.15) is 5.82 Å². The largest absolute Gasteiger partial charge is 0.383 e. The van der Waals surface area contributed by atoms with Gasteiger partial charge in [0.15, 0.2) is 0 Å². The third-order valence-electron chi connectivity index (χ3n) is 2.25. The van der Waals surface area contributed by atoms with Crippen molar-refractivity contribution in [1.29, 1.82) is 0 Å². The quantitative estimate of drug-likeness (QED) is 0.736. The fourth-order valence-electron chi connectivity index (χ4n) is 1.38. The fourth-order valence-corrected chi connectivity index (χ4v) is 2.24. The molecule has 0 saturated heterocycles. The van der Waals surface area contributed by atoms with Crippen molar-refractivity contribution in [2.45, 2.75) is 0 Å².